The summed E-state index contributed by atoms with van der Waals surface area (Å²) in [6, 6.07) is 9.76. The molecule has 1 aromatic heterocycles. The maximum absolute atomic E-state index is 10.7. The van der Waals surface area contributed by atoms with Gasteiger partial charge in [0.05, 0.1) is 5.52 Å². The fourth-order valence-electron chi connectivity index (χ4n) is 1.60. The number of hydrogen-bond acceptors (Lipinski definition) is 2. The van der Waals surface area contributed by atoms with Crippen molar-refractivity contribution in [3.63, 3.8) is 0 Å². The van der Waals surface area contributed by atoms with E-state index in [0.717, 1.165) is 22.8 Å². The number of pyridine rings is 1. The molecule has 0 N–H and O–H groups in total. The Balaban J connectivity index is 2.70. The predicted molar refractivity (Wildman–Crippen MR) is 56.2 cm³/mol. The van der Waals surface area contributed by atoms with Crippen molar-refractivity contribution in [2.75, 3.05) is 0 Å². The first-order chi connectivity index (χ1) is 6.83. The van der Waals surface area contributed by atoms with Gasteiger partial charge in [0.15, 0.2) is 0 Å². The van der Waals surface area contributed by atoms with Gasteiger partial charge in [0.25, 0.3) is 0 Å². The molecule has 1 heterocycles. The summed E-state index contributed by atoms with van der Waals surface area (Å²) in [7, 11) is 0. The highest BCUT2D eigenvalue weighted by Gasteiger charge is 2.07. The Morgan fingerprint density at radius 1 is 1.29 bits per heavy atom. The van der Waals surface area contributed by atoms with Crippen molar-refractivity contribution in [1.82, 2.24) is 4.98 Å². The van der Waals surface area contributed by atoms with Crippen LogP contribution in [0.5, 0.6) is 0 Å². The lowest BCUT2D eigenvalue weighted by Gasteiger charge is -2.07. The molecule has 70 valence electrons. The van der Waals surface area contributed by atoms with Gasteiger partial charge in [0.2, 0.25) is 0 Å². The molecule has 0 aliphatic heterocycles. The summed E-state index contributed by atoms with van der Waals surface area (Å²) in [5.41, 5.74) is 1.99. The molecular weight excluding hydrogens is 174 g/mol. The summed E-state index contributed by atoms with van der Waals surface area (Å²) in [4.78, 5) is 15.0. The summed E-state index contributed by atoms with van der Waals surface area (Å²) >= 11 is 0. The Labute approximate surface area is 82.6 Å². The zero-order valence-corrected chi connectivity index (χ0v) is 7.97. The lowest BCUT2D eigenvalue weighted by Crippen LogP contribution is -1.95. The number of carbonyl (C=O) groups excluding carboxylic acids is 1. The third-order valence-electron chi connectivity index (χ3n) is 2.37. The molecule has 1 aromatic carbocycles. The molecule has 0 bridgehead atoms. The predicted octanol–water partition coefficient (Wildman–Crippen LogP) is 2.54. The number of aldehydes is 1. The third-order valence-corrected chi connectivity index (χ3v) is 2.37. The molecule has 2 nitrogen and oxygen atoms in total. The second-order valence-corrected chi connectivity index (χ2v) is 3.34. The smallest absolute Gasteiger partial charge is 0.127 e. The molecule has 0 saturated heterocycles. The highest BCUT2D eigenvalue weighted by Crippen LogP contribution is 2.22. The lowest BCUT2D eigenvalue weighted by molar-refractivity contribution is -0.108. The molecule has 14 heavy (non-hydrogen) atoms. The van der Waals surface area contributed by atoms with Crippen molar-refractivity contribution in [2.24, 2.45) is 0 Å². The first-order valence-corrected chi connectivity index (χ1v) is 4.62. The average Bonchev–Trinajstić information content (AvgIpc) is 2.27. The molecule has 0 amide bonds. The molecule has 0 saturated carbocycles. The van der Waals surface area contributed by atoms with Gasteiger partial charge in [-0.3, -0.25) is 4.98 Å². The van der Waals surface area contributed by atoms with E-state index < -0.39 is 0 Å². The largest absolute Gasteiger partial charge is 0.303 e. The second-order valence-electron chi connectivity index (χ2n) is 3.34. The molecule has 0 spiro atoms. The minimum atomic E-state index is -0.0668. The average molecular weight is 185 g/mol. The zero-order valence-electron chi connectivity index (χ0n) is 7.97. The zero-order chi connectivity index (χ0) is 9.97. The summed E-state index contributed by atoms with van der Waals surface area (Å²) in [5.74, 6) is -0.0668. The molecule has 2 aromatic rings. The van der Waals surface area contributed by atoms with Crippen LogP contribution in [0.4, 0.5) is 0 Å². The van der Waals surface area contributed by atoms with Gasteiger partial charge in [0.1, 0.15) is 6.29 Å². The van der Waals surface area contributed by atoms with Gasteiger partial charge in [0, 0.05) is 17.5 Å². The van der Waals surface area contributed by atoms with Gasteiger partial charge in [-0.05, 0) is 17.7 Å². The number of fused-ring (bicyclic) bond motifs is 1. The SMILES string of the molecule is CC(C=O)c1cccc2ncccc12. The minimum Gasteiger partial charge on any atom is -0.303 e. The number of hydrogen-bond donors (Lipinski definition) is 0. The first kappa shape index (κ1) is 8.88. The van der Waals surface area contributed by atoms with Gasteiger partial charge in [-0.2, -0.15) is 0 Å². The van der Waals surface area contributed by atoms with Gasteiger partial charge in [-0.15, -0.1) is 0 Å². The monoisotopic (exact) mass is 185 g/mol. The molecule has 0 aliphatic rings. The van der Waals surface area contributed by atoms with Crippen LogP contribution >= 0.6 is 0 Å². The van der Waals surface area contributed by atoms with Crippen molar-refractivity contribution >= 4 is 17.2 Å². The molecule has 2 rings (SSSR count). The summed E-state index contributed by atoms with van der Waals surface area (Å²) in [5, 5.41) is 1.06. The Morgan fingerprint density at radius 3 is 2.93 bits per heavy atom. The lowest BCUT2D eigenvalue weighted by atomic mass is 9.98. The fourth-order valence-corrected chi connectivity index (χ4v) is 1.60. The molecule has 1 unspecified atom stereocenters. The fraction of sp³-hybridized carbons (Fsp3) is 0.167. The molecule has 1 atom stereocenters. The van der Waals surface area contributed by atoms with Crippen LogP contribution < -0.4 is 0 Å². The first-order valence-electron chi connectivity index (χ1n) is 4.62. The van der Waals surface area contributed by atoms with Crippen LogP contribution in [-0.2, 0) is 4.79 Å². The standard InChI is InChI=1S/C12H11NO/c1-9(8-14)10-4-2-6-12-11(10)5-3-7-13-12/h2-9H,1H3. The van der Waals surface area contributed by atoms with Crippen LogP contribution in [0.25, 0.3) is 10.9 Å². The number of benzene rings is 1. The van der Waals surface area contributed by atoms with Crippen LogP contribution in [0.2, 0.25) is 0 Å². The van der Waals surface area contributed by atoms with E-state index in [0.29, 0.717) is 0 Å². The van der Waals surface area contributed by atoms with Crippen molar-refractivity contribution in [3.8, 4) is 0 Å². The van der Waals surface area contributed by atoms with Crippen LogP contribution in [0.3, 0.4) is 0 Å². The maximum Gasteiger partial charge on any atom is 0.127 e. The maximum atomic E-state index is 10.7. The van der Waals surface area contributed by atoms with Gasteiger partial charge in [-0.1, -0.05) is 25.1 Å². The molecule has 0 aliphatic carbocycles. The van der Waals surface area contributed by atoms with E-state index in [9.17, 15) is 4.79 Å². The van der Waals surface area contributed by atoms with Crippen molar-refractivity contribution in [3.05, 3.63) is 42.1 Å². The topological polar surface area (TPSA) is 30.0 Å². The third kappa shape index (κ3) is 1.39. The van der Waals surface area contributed by atoms with Gasteiger partial charge < -0.3 is 4.79 Å². The van der Waals surface area contributed by atoms with E-state index >= 15 is 0 Å². The number of carbonyl (C=O) groups is 1. The van der Waals surface area contributed by atoms with Crippen LogP contribution in [0.1, 0.15) is 18.4 Å². The summed E-state index contributed by atoms with van der Waals surface area (Å²) in [6.45, 7) is 1.90. The Kier molecular flexibility index (Phi) is 2.27. The number of rotatable bonds is 2. The highest BCUT2D eigenvalue weighted by atomic mass is 16.1. The summed E-state index contributed by atoms with van der Waals surface area (Å²) in [6.07, 6.45) is 2.72. The van der Waals surface area contributed by atoms with Crippen LogP contribution in [0, 0.1) is 0 Å². The highest BCUT2D eigenvalue weighted by molar-refractivity contribution is 5.85. The Hall–Kier alpha value is -1.70. The number of nitrogens with zero attached hydrogens (tertiary/aromatic N) is 1. The molecule has 2 heteroatoms. The van der Waals surface area contributed by atoms with Crippen molar-refractivity contribution in [1.29, 1.82) is 0 Å². The molecule has 0 fully saturated rings. The van der Waals surface area contributed by atoms with Crippen molar-refractivity contribution < 1.29 is 4.79 Å². The van der Waals surface area contributed by atoms with E-state index in [2.05, 4.69) is 4.98 Å². The number of aromatic nitrogens is 1. The van der Waals surface area contributed by atoms with E-state index in [1.54, 1.807) is 6.20 Å². The van der Waals surface area contributed by atoms with Gasteiger partial charge >= 0.3 is 0 Å². The Bertz CT molecular complexity index is 459. The molecule has 0 radical (unpaired) electrons. The molecular formula is C12H11NO. The van der Waals surface area contributed by atoms with E-state index in [4.69, 9.17) is 0 Å². The minimum absolute atomic E-state index is 0.0668. The van der Waals surface area contributed by atoms with E-state index in [1.165, 1.54) is 0 Å². The van der Waals surface area contributed by atoms with E-state index in [-0.39, 0.29) is 5.92 Å². The van der Waals surface area contributed by atoms with Crippen LogP contribution in [-0.4, -0.2) is 11.3 Å². The second kappa shape index (κ2) is 3.58. The van der Waals surface area contributed by atoms with E-state index in [1.807, 2.05) is 37.3 Å². The summed E-state index contributed by atoms with van der Waals surface area (Å²) < 4.78 is 0. The van der Waals surface area contributed by atoms with Gasteiger partial charge in [-0.25, -0.2) is 0 Å². The Morgan fingerprint density at radius 2 is 2.14 bits per heavy atom. The van der Waals surface area contributed by atoms with Crippen molar-refractivity contribution in [2.45, 2.75) is 12.8 Å². The quantitative estimate of drug-likeness (QED) is 0.673. The van der Waals surface area contributed by atoms with Crippen LogP contribution in [0.15, 0.2) is 36.5 Å². The normalized spacial score (nSPS) is 12.6.